The van der Waals surface area contributed by atoms with Crippen molar-refractivity contribution in [3.8, 4) is 0 Å². The molecule has 2 aromatic carbocycles. The lowest BCUT2D eigenvalue weighted by Crippen LogP contribution is -2.43. The van der Waals surface area contributed by atoms with Gasteiger partial charge in [-0.15, -0.1) is 0 Å². The summed E-state index contributed by atoms with van der Waals surface area (Å²) in [5.41, 5.74) is 7.64. The Hall–Kier alpha value is -4.25. The van der Waals surface area contributed by atoms with Gasteiger partial charge in [0.25, 0.3) is 0 Å². The number of benzene rings is 2. The molecule has 0 radical (unpaired) electrons. The fourth-order valence-corrected chi connectivity index (χ4v) is 3.49. The lowest BCUT2D eigenvalue weighted by atomic mass is 10.0. The number of nitrogens with zero attached hydrogens (tertiary/aromatic N) is 2. The van der Waals surface area contributed by atoms with Crippen molar-refractivity contribution in [3.63, 3.8) is 0 Å². The molecule has 11 nitrogen and oxygen atoms in total. The maximum atomic E-state index is 12.8. The molecular weight excluding hydrogens is 466 g/mol. The molecule has 0 aliphatic heterocycles. The zero-order valence-corrected chi connectivity index (χ0v) is 20.3. The summed E-state index contributed by atoms with van der Waals surface area (Å²) in [5.74, 6) is -1.06. The minimum Gasteiger partial charge on any atom is -0.453 e. The molecule has 2 amide bonds. The number of carbonyl (C=O) groups excluding carboxylic acids is 4. The van der Waals surface area contributed by atoms with E-state index in [2.05, 4.69) is 20.4 Å². The van der Waals surface area contributed by atoms with Crippen molar-refractivity contribution < 1.29 is 28.7 Å². The Morgan fingerprint density at radius 3 is 2.44 bits per heavy atom. The van der Waals surface area contributed by atoms with E-state index in [0.717, 1.165) is 0 Å². The molecule has 0 bridgehead atoms. The van der Waals surface area contributed by atoms with E-state index < -0.39 is 24.0 Å². The Bertz CT molecular complexity index is 1250. The Morgan fingerprint density at radius 1 is 1.06 bits per heavy atom. The van der Waals surface area contributed by atoms with Crippen LogP contribution >= 0.6 is 0 Å². The zero-order valence-electron chi connectivity index (χ0n) is 20.3. The largest absolute Gasteiger partial charge is 0.453 e. The number of methoxy groups -OCH3 is 1. The van der Waals surface area contributed by atoms with Gasteiger partial charge in [-0.1, -0.05) is 44.2 Å². The van der Waals surface area contributed by atoms with Gasteiger partial charge in [-0.2, -0.15) is 0 Å². The summed E-state index contributed by atoms with van der Waals surface area (Å²) < 4.78 is 11.4. The Morgan fingerprint density at radius 2 is 1.78 bits per heavy atom. The van der Waals surface area contributed by atoms with Crippen LogP contribution in [0, 0.1) is 5.92 Å². The Labute approximate surface area is 208 Å². The van der Waals surface area contributed by atoms with Crippen LogP contribution in [-0.4, -0.2) is 53.0 Å². The lowest BCUT2D eigenvalue weighted by molar-refractivity contribution is -0.147. The zero-order chi connectivity index (χ0) is 26.2. The standard InChI is InChI=1S/C25H29N5O6/c1-15(2)11-18(26)23(33)27-13-21(31)36-14-30-20-10-9-17(22(32)16-7-5-4-6-8-16)12-19(20)28-24(30)29-25(34)35-3/h4-10,12,15,18H,11,13-14,26H2,1-3H3,(H,27,33)(H,28,29,34)/t18-/m0/s1. The first-order valence-electron chi connectivity index (χ1n) is 11.3. The maximum absolute atomic E-state index is 12.8. The highest BCUT2D eigenvalue weighted by Crippen LogP contribution is 2.23. The number of amides is 2. The van der Waals surface area contributed by atoms with Crippen LogP contribution in [0.1, 0.15) is 36.2 Å². The van der Waals surface area contributed by atoms with Crippen LogP contribution in [0.5, 0.6) is 0 Å². The number of nitrogens with two attached hydrogens (primary N) is 1. The number of nitrogens with one attached hydrogen (secondary N) is 2. The number of anilines is 1. The van der Waals surface area contributed by atoms with E-state index in [0.29, 0.717) is 28.6 Å². The molecule has 1 aromatic heterocycles. The molecule has 4 N–H and O–H groups in total. The summed E-state index contributed by atoms with van der Waals surface area (Å²) in [7, 11) is 1.20. The van der Waals surface area contributed by atoms with Gasteiger partial charge in [0.15, 0.2) is 12.5 Å². The first kappa shape index (κ1) is 26.4. The molecule has 11 heteroatoms. The fraction of sp³-hybridized carbons (Fsp3) is 0.320. The molecule has 0 saturated heterocycles. The minimum absolute atomic E-state index is 0.0527. The van der Waals surface area contributed by atoms with Crippen molar-refractivity contribution >= 4 is 40.7 Å². The molecule has 0 aliphatic rings. The SMILES string of the molecule is COC(=O)Nc1nc2cc(C(=O)c3ccccc3)ccc2n1COC(=O)CNC(=O)[C@@H](N)CC(C)C. The van der Waals surface area contributed by atoms with E-state index >= 15 is 0 Å². The van der Waals surface area contributed by atoms with Crippen molar-refractivity contribution in [1.82, 2.24) is 14.9 Å². The highest BCUT2D eigenvalue weighted by molar-refractivity contribution is 6.10. The van der Waals surface area contributed by atoms with Crippen LogP contribution in [0.25, 0.3) is 11.0 Å². The van der Waals surface area contributed by atoms with E-state index in [1.807, 2.05) is 19.9 Å². The third kappa shape index (κ3) is 6.66. The average Bonchev–Trinajstić information content (AvgIpc) is 3.21. The number of aromatic nitrogens is 2. The van der Waals surface area contributed by atoms with Crippen molar-refractivity contribution in [2.75, 3.05) is 19.0 Å². The number of carbonyl (C=O) groups is 4. The van der Waals surface area contributed by atoms with Gasteiger partial charge >= 0.3 is 12.1 Å². The number of hydrogen-bond acceptors (Lipinski definition) is 8. The van der Waals surface area contributed by atoms with Crippen LogP contribution in [0.15, 0.2) is 48.5 Å². The molecule has 3 rings (SSSR count). The van der Waals surface area contributed by atoms with E-state index in [1.165, 1.54) is 11.7 Å². The van der Waals surface area contributed by atoms with Crippen LogP contribution in [-0.2, 0) is 25.8 Å². The van der Waals surface area contributed by atoms with Crippen LogP contribution in [0.2, 0.25) is 0 Å². The second-order valence-corrected chi connectivity index (χ2v) is 8.48. The monoisotopic (exact) mass is 495 g/mol. The van der Waals surface area contributed by atoms with E-state index in [-0.39, 0.29) is 30.9 Å². The predicted molar refractivity (Wildman–Crippen MR) is 132 cm³/mol. The molecule has 190 valence electrons. The first-order valence-corrected chi connectivity index (χ1v) is 11.3. The quantitative estimate of drug-likeness (QED) is 0.286. The maximum Gasteiger partial charge on any atom is 0.413 e. The van der Waals surface area contributed by atoms with Crippen molar-refractivity contribution in [2.24, 2.45) is 11.7 Å². The molecule has 3 aromatic rings. The molecule has 36 heavy (non-hydrogen) atoms. The first-order chi connectivity index (χ1) is 17.2. The molecule has 1 atom stereocenters. The summed E-state index contributed by atoms with van der Waals surface area (Å²) in [5, 5.41) is 4.92. The van der Waals surface area contributed by atoms with Gasteiger partial charge in [0.05, 0.1) is 24.2 Å². The smallest absolute Gasteiger partial charge is 0.413 e. The van der Waals surface area contributed by atoms with Gasteiger partial charge in [-0.25, -0.2) is 9.78 Å². The predicted octanol–water partition coefficient (Wildman–Crippen LogP) is 2.44. The van der Waals surface area contributed by atoms with Crippen molar-refractivity contribution in [1.29, 1.82) is 0 Å². The molecule has 0 fully saturated rings. The Kier molecular flexibility index (Phi) is 8.74. The van der Waals surface area contributed by atoms with E-state index in [9.17, 15) is 19.2 Å². The number of hydrogen-bond donors (Lipinski definition) is 3. The second kappa shape index (κ2) is 11.9. The van der Waals surface area contributed by atoms with Gasteiger partial charge in [0.2, 0.25) is 11.9 Å². The van der Waals surface area contributed by atoms with Crippen LogP contribution in [0.4, 0.5) is 10.7 Å². The average molecular weight is 496 g/mol. The summed E-state index contributed by atoms with van der Waals surface area (Å²) >= 11 is 0. The van der Waals surface area contributed by atoms with E-state index in [1.54, 1.807) is 42.5 Å². The van der Waals surface area contributed by atoms with Crippen molar-refractivity contribution in [2.45, 2.75) is 33.0 Å². The van der Waals surface area contributed by atoms with E-state index in [4.69, 9.17) is 10.5 Å². The molecule has 0 saturated carbocycles. The highest BCUT2D eigenvalue weighted by Gasteiger charge is 2.19. The number of fused-ring (bicyclic) bond motifs is 1. The normalized spacial score (nSPS) is 11.7. The second-order valence-electron chi connectivity index (χ2n) is 8.48. The lowest BCUT2D eigenvalue weighted by Gasteiger charge is -2.14. The number of rotatable bonds is 10. The topological polar surface area (TPSA) is 155 Å². The van der Waals surface area contributed by atoms with Gasteiger partial charge in [0.1, 0.15) is 6.54 Å². The van der Waals surface area contributed by atoms with Gasteiger partial charge in [0, 0.05) is 11.1 Å². The number of ether oxygens (including phenoxy) is 2. The summed E-state index contributed by atoms with van der Waals surface area (Å²) in [6, 6.07) is 12.9. The fourth-order valence-electron chi connectivity index (χ4n) is 3.49. The number of ketones is 1. The minimum atomic E-state index is -0.773. The molecule has 0 aliphatic carbocycles. The third-order valence-electron chi connectivity index (χ3n) is 5.27. The third-order valence-corrected chi connectivity index (χ3v) is 5.27. The summed E-state index contributed by atoms with van der Waals surface area (Å²) in [4.78, 5) is 53.3. The Balaban J connectivity index is 1.76. The summed E-state index contributed by atoms with van der Waals surface area (Å²) in [6.07, 6.45) is -0.288. The molecule has 1 heterocycles. The number of esters is 1. The molecule has 0 spiro atoms. The highest BCUT2D eigenvalue weighted by atomic mass is 16.5. The van der Waals surface area contributed by atoms with Crippen LogP contribution in [0.3, 0.4) is 0 Å². The molecule has 0 unspecified atom stereocenters. The van der Waals surface area contributed by atoms with Gasteiger partial charge in [-0.05, 0) is 30.5 Å². The summed E-state index contributed by atoms with van der Waals surface area (Å²) in [6.45, 7) is 3.20. The molecular formula is C25H29N5O6. The van der Waals surface area contributed by atoms with Gasteiger partial charge in [-0.3, -0.25) is 24.3 Å². The van der Waals surface area contributed by atoms with Gasteiger partial charge < -0.3 is 20.5 Å². The van der Waals surface area contributed by atoms with Crippen LogP contribution < -0.4 is 16.4 Å². The van der Waals surface area contributed by atoms with Crippen molar-refractivity contribution in [3.05, 3.63) is 59.7 Å². The number of imidazole rings is 1.